The zero-order valence-corrected chi connectivity index (χ0v) is 25.7. The van der Waals surface area contributed by atoms with E-state index < -0.39 is 11.2 Å². The molecule has 0 radical (unpaired) electrons. The van der Waals surface area contributed by atoms with E-state index in [1.807, 2.05) is 66.7 Å². The fourth-order valence-electron chi connectivity index (χ4n) is 5.01. The first-order valence-electron chi connectivity index (χ1n) is 13.7. The lowest BCUT2D eigenvalue weighted by Gasteiger charge is -2.18. The number of rotatable bonds is 9. The van der Waals surface area contributed by atoms with Crippen LogP contribution in [0.1, 0.15) is 50.5 Å². The number of hydrogen-bond acceptors (Lipinski definition) is 6. The summed E-state index contributed by atoms with van der Waals surface area (Å²) in [5.41, 5.74) is 3.79. The molecule has 0 spiro atoms. The third kappa shape index (κ3) is 7.24. The molecule has 0 bridgehead atoms. The quantitative estimate of drug-likeness (QED) is 0.147. The Morgan fingerprint density at radius 3 is 2.52 bits per heavy atom. The molecule has 42 heavy (non-hydrogen) atoms. The van der Waals surface area contributed by atoms with Crippen LogP contribution in [0.15, 0.2) is 83.8 Å². The molecule has 2 unspecified atom stereocenters. The van der Waals surface area contributed by atoms with Gasteiger partial charge in [0.1, 0.15) is 10.3 Å². The number of carbonyl (C=O) groups is 3. The van der Waals surface area contributed by atoms with Crippen LogP contribution in [-0.4, -0.2) is 24.9 Å². The van der Waals surface area contributed by atoms with Crippen LogP contribution in [0.4, 0.5) is 10.7 Å². The van der Waals surface area contributed by atoms with Gasteiger partial charge in [0.2, 0.25) is 11.8 Å². The molecule has 1 aliphatic carbocycles. The lowest BCUT2D eigenvalue weighted by atomic mass is 9.88. The Bertz CT molecular complexity index is 1590. The number of thiophene rings is 1. The molecular weight excluding hydrogens is 588 g/mol. The summed E-state index contributed by atoms with van der Waals surface area (Å²) < 4.78 is 5.11. The highest BCUT2D eigenvalue weighted by Crippen LogP contribution is 2.42. The summed E-state index contributed by atoms with van der Waals surface area (Å²) in [6.07, 6.45) is 2.89. The Hall–Kier alpha value is -3.59. The van der Waals surface area contributed by atoms with E-state index in [1.165, 1.54) is 30.2 Å². The molecule has 4 aromatic rings. The molecule has 6 nitrogen and oxygen atoms in total. The normalized spacial score (nSPS) is 14.9. The first-order chi connectivity index (χ1) is 20.3. The number of hydrogen-bond donors (Lipinski definition) is 2. The Labute approximate surface area is 258 Å². The summed E-state index contributed by atoms with van der Waals surface area (Å²) in [4.78, 5) is 41.3. The predicted octanol–water partition coefficient (Wildman–Crippen LogP) is 7.97. The number of carbonyl (C=O) groups excluding carboxylic acids is 3. The van der Waals surface area contributed by atoms with E-state index in [2.05, 4.69) is 17.6 Å². The summed E-state index contributed by atoms with van der Waals surface area (Å²) in [6.45, 7) is 2.20. The van der Waals surface area contributed by atoms with Gasteiger partial charge in [-0.25, -0.2) is 4.79 Å². The number of esters is 1. The van der Waals surface area contributed by atoms with E-state index in [9.17, 15) is 14.4 Å². The Balaban J connectivity index is 1.36. The Morgan fingerprint density at radius 2 is 1.79 bits per heavy atom. The number of benzene rings is 3. The second kappa shape index (κ2) is 13.6. The Morgan fingerprint density at radius 1 is 1.02 bits per heavy atom. The highest BCUT2D eigenvalue weighted by Gasteiger charge is 2.31. The molecule has 9 heteroatoms. The number of fused-ring (bicyclic) bond motifs is 1. The standard InChI is InChI=1S/C33H31ClN2O4S2/c1-20-11-16-26-27(17-20)42-32(29(26)33(39)40-2)36-31(38)30(22-7-4-3-5-8-22)41-25-10-6-9-24(19-25)35-28(37)18-21-12-14-23(34)15-13-21/h3-10,12-15,19-20,30H,11,16-18H2,1-2H3,(H,35,37)(H,36,38). The van der Waals surface area contributed by atoms with Crippen molar-refractivity contribution in [2.24, 2.45) is 5.92 Å². The molecule has 2 N–H and O–H groups in total. The van der Waals surface area contributed by atoms with Gasteiger partial charge in [-0.15, -0.1) is 23.1 Å². The van der Waals surface area contributed by atoms with Crippen LogP contribution in [0.25, 0.3) is 0 Å². The smallest absolute Gasteiger partial charge is 0.341 e. The monoisotopic (exact) mass is 618 g/mol. The van der Waals surface area contributed by atoms with Gasteiger partial charge in [0.15, 0.2) is 0 Å². The number of ether oxygens (including phenoxy) is 1. The van der Waals surface area contributed by atoms with Gasteiger partial charge in [-0.3, -0.25) is 9.59 Å². The van der Waals surface area contributed by atoms with Crippen molar-refractivity contribution in [2.45, 2.75) is 42.8 Å². The number of thioether (sulfide) groups is 1. The van der Waals surface area contributed by atoms with Crippen molar-refractivity contribution in [3.05, 3.63) is 111 Å². The van der Waals surface area contributed by atoms with Crippen molar-refractivity contribution < 1.29 is 19.1 Å². The lowest BCUT2D eigenvalue weighted by Crippen LogP contribution is -2.20. The summed E-state index contributed by atoms with van der Waals surface area (Å²) in [6, 6.07) is 24.1. The van der Waals surface area contributed by atoms with Crippen LogP contribution in [0, 0.1) is 5.92 Å². The van der Waals surface area contributed by atoms with Crippen molar-refractivity contribution in [2.75, 3.05) is 17.7 Å². The number of nitrogens with one attached hydrogen (secondary N) is 2. The highest BCUT2D eigenvalue weighted by atomic mass is 35.5. The molecule has 0 saturated heterocycles. The van der Waals surface area contributed by atoms with Gasteiger partial charge in [0, 0.05) is 20.5 Å². The van der Waals surface area contributed by atoms with E-state index in [0.29, 0.717) is 27.2 Å². The van der Waals surface area contributed by atoms with Crippen molar-refractivity contribution in [3.8, 4) is 0 Å². The van der Waals surface area contributed by atoms with E-state index in [4.69, 9.17) is 16.3 Å². The third-order valence-electron chi connectivity index (χ3n) is 7.13. The fourth-order valence-corrected chi connectivity index (χ4v) is 7.62. The first-order valence-corrected chi connectivity index (χ1v) is 15.8. The van der Waals surface area contributed by atoms with Crippen molar-refractivity contribution >= 4 is 63.2 Å². The van der Waals surface area contributed by atoms with Gasteiger partial charge >= 0.3 is 5.97 Å². The van der Waals surface area contributed by atoms with Crippen LogP contribution in [-0.2, 0) is 33.6 Å². The molecule has 1 aromatic heterocycles. The van der Waals surface area contributed by atoms with Crippen LogP contribution in [0.3, 0.4) is 0 Å². The minimum absolute atomic E-state index is 0.150. The van der Waals surface area contributed by atoms with Crippen LogP contribution in [0.2, 0.25) is 5.02 Å². The molecule has 0 fully saturated rings. The maximum absolute atomic E-state index is 13.9. The number of methoxy groups -OCH3 is 1. The largest absolute Gasteiger partial charge is 0.465 e. The van der Waals surface area contributed by atoms with Crippen molar-refractivity contribution in [1.82, 2.24) is 0 Å². The average molecular weight is 619 g/mol. The first kappa shape index (κ1) is 29.9. The summed E-state index contributed by atoms with van der Waals surface area (Å²) >= 11 is 8.81. The van der Waals surface area contributed by atoms with Gasteiger partial charge < -0.3 is 15.4 Å². The van der Waals surface area contributed by atoms with Crippen molar-refractivity contribution in [3.63, 3.8) is 0 Å². The molecule has 5 rings (SSSR count). The zero-order valence-electron chi connectivity index (χ0n) is 23.3. The van der Waals surface area contributed by atoms with E-state index >= 15 is 0 Å². The number of halogens is 1. The van der Waals surface area contributed by atoms with E-state index in [1.54, 1.807) is 12.1 Å². The fraction of sp³-hybridized carbons (Fsp3) is 0.242. The average Bonchev–Trinajstić information content (AvgIpc) is 3.33. The third-order valence-corrected chi connectivity index (χ3v) is 9.80. The SMILES string of the molecule is COC(=O)c1c(NC(=O)C(Sc2cccc(NC(=O)Cc3ccc(Cl)cc3)c2)c2ccccc2)sc2c1CCC(C)C2. The lowest BCUT2D eigenvalue weighted by molar-refractivity contribution is -0.116. The number of anilines is 2. The molecule has 216 valence electrons. The second-order valence-electron chi connectivity index (χ2n) is 10.3. The predicted molar refractivity (Wildman–Crippen MR) is 171 cm³/mol. The zero-order chi connectivity index (χ0) is 29.6. The molecule has 1 heterocycles. The van der Waals surface area contributed by atoms with Gasteiger partial charge in [0.05, 0.1) is 19.1 Å². The summed E-state index contributed by atoms with van der Waals surface area (Å²) in [5.74, 6) is -0.289. The van der Waals surface area contributed by atoms with Gasteiger partial charge in [-0.2, -0.15) is 0 Å². The van der Waals surface area contributed by atoms with Gasteiger partial charge in [0.25, 0.3) is 0 Å². The molecule has 3 aromatic carbocycles. The molecule has 1 aliphatic rings. The highest BCUT2D eigenvalue weighted by molar-refractivity contribution is 8.00. The maximum Gasteiger partial charge on any atom is 0.341 e. The van der Waals surface area contributed by atoms with Crippen LogP contribution in [0.5, 0.6) is 0 Å². The molecular formula is C33H31ClN2O4S2. The Kier molecular flexibility index (Phi) is 9.67. The van der Waals surface area contributed by atoms with E-state index in [-0.39, 0.29) is 18.2 Å². The second-order valence-corrected chi connectivity index (χ2v) is 13.0. The van der Waals surface area contributed by atoms with Crippen molar-refractivity contribution in [1.29, 1.82) is 0 Å². The van der Waals surface area contributed by atoms with Gasteiger partial charge in [-0.1, -0.05) is 67.1 Å². The molecule has 2 atom stereocenters. The summed E-state index contributed by atoms with van der Waals surface area (Å²) in [7, 11) is 1.37. The molecule has 2 amide bonds. The topological polar surface area (TPSA) is 84.5 Å². The van der Waals surface area contributed by atoms with E-state index in [0.717, 1.165) is 45.7 Å². The molecule has 0 aliphatic heterocycles. The summed E-state index contributed by atoms with van der Waals surface area (Å²) in [5, 5.41) is 6.58. The minimum Gasteiger partial charge on any atom is -0.465 e. The molecule has 0 saturated carbocycles. The number of amides is 2. The minimum atomic E-state index is -0.602. The van der Waals surface area contributed by atoms with Crippen LogP contribution < -0.4 is 10.6 Å². The maximum atomic E-state index is 13.9. The van der Waals surface area contributed by atoms with Crippen LogP contribution >= 0.6 is 34.7 Å². The van der Waals surface area contributed by atoms with Gasteiger partial charge in [-0.05, 0) is 72.2 Å².